The Morgan fingerprint density at radius 3 is 2.60 bits per heavy atom. The molecule has 0 spiro atoms. The molecule has 8 nitrogen and oxygen atoms in total. The van der Waals surface area contributed by atoms with Crippen LogP contribution < -0.4 is 4.72 Å². The number of nitrogens with one attached hydrogen (secondary N) is 1. The van der Waals surface area contributed by atoms with E-state index in [-0.39, 0.29) is 28.4 Å². The van der Waals surface area contributed by atoms with Crippen molar-refractivity contribution in [1.29, 1.82) is 0 Å². The second-order valence-corrected chi connectivity index (χ2v) is 6.76. The summed E-state index contributed by atoms with van der Waals surface area (Å²) in [6.45, 7) is 2.12. The zero-order chi connectivity index (χ0) is 18.4. The summed E-state index contributed by atoms with van der Waals surface area (Å²) in [5.41, 5.74) is 0.0184. The van der Waals surface area contributed by atoms with Crippen LogP contribution in [0.1, 0.15) is 23.7 Å². The van der Waals surface area contributed by atoms with Crippen molar-refractivity contribution >= 4 is 27.4 Å². The van der Waals surface area contributed by atoms with Crippen LogP contribution in [0.25, 0.3) is 0 Å². The highest BCUT2D eigenvalue weighted by molar-refractivity contribution is 7.92. The quantitative estimate of drug-likeness (QED) is 0.459. The summed E-state index contributed by atoms with van der Waals surface area (Å²) < 4.78 is 32.1. The van der Waals surface area contributed by atoms with Gasteiger partial charge < -0.3 is 4.74 Å². The number of nitro groups is 1. The Morgan fingerprint density at radius 2 is 1.92 bits per heavy atom. The van der Waals surface area contributed by atoms with E-state index in [2.05, 4.69) is 4.72 Å². The summed E-state index contributed by atoms with van der Waals surface area (Å²) in [4.78, 5) is 21.7. The van der Waals surface area contributed by atoms with Gasteiger partial charge in [-0.15, -0.1) is 0 Å². The average molecular weight is 364 g/mol. The molecule has 0 unspecified atom stereocenters. The van der Waals surface area contributed by atoms with Gasteiger partial charge in [-0.3, -0.25) is 14.8 Å². The van der Waals surface area contributed by atoms with Crippen molar-refractivity contribution in [2.24, 2.45) is 0 Å². The van der Waals surface area contributed by atoms with Crippen LogP contribution in [0.4, 0.5) is 11.4 Å². The molecule has 0 aromatic heterocycles. The van der Waals surface area contributed by atoms with Crippen molar-refractivity contribution in [2.75, 3.05) is 11.3 Å². The van der Waals surface area contributed by atoms with Gasteiger partial charge in [0, 0.05) is 17.8 Å². The van der Waals surface area contributed by atoms with Crippen LogP contribution >= 0.6 is 0 Å². The maximum Gasteiger partial charge on any atom is 0.338 e. The molecule has 1 N–H and O–H groups in total. The van der Waals surface area contributed by atoms with Gasteiger partial charge in [0.15, 0.2) is 0 Å². The molecular formula is C16H16N2O6S. The first kappa shape index (κ1) is 18.4. The smallest absolute Gasteiger partial charge is 0.338 e. The van der Waals surface area contributed by atoms with E-state index in [1.54, 1.807) is 0 Å². The normalized spacial score (nSPS) is 10.9. The molecule has 0 heterocycles. The molecule has 0 aliphatic rings. The van der Waals surface area contributed by atoms with Crippen molar-refractivity contribution < 1.29 is 22.9 Å². The molecule has 0 atom stereocenters. The van der Waals surface area contributed by atoms with E-state index in [9.17, 15) is 23.3 Å². The second kappa shape index (κ2) is 7.75. The Labute approximate surface area is 144 Å². The Morgan fingerprint density at radius 1 is 1.20 bits per heavy atom. The minimum absolute atomic E-state index is 0.150. The lowest BCUT2D eigenvalue weighted by Gasteiger charge is -2.09. The molecule has 0 saturated carbocycles. The van der Waals surface area contributed by atoms with Crippen molar-refractivity contribution in [3.8, 4) is 0 Å². The first-order valence-electron chi connectivity index (χ1n) is 7.38. The van der Waals surface area contributed by atoms with Gasteiger partial charge in [0.25, 0.3) is 15.7 Å². The highest BCUT2D eigenvalue weighted by Crippen LogP contribution is 2.21. The second-order valence-electron chi connectivity index (χ2n) is 5.08. The van der Waals surface area contributed by atoms with E-state index in [4.69, 9.17) is 4.74 Å². The van der Waals surface area contributed by atoms with Crippen molar-refractivity contribution in [3.63, 3.8) is 0 Å². The van der Waals surface area contributed by atoms with Gasteiger partial charge in [-0.2, -0.15) is 0 Å². The third kappa shape index (κ3) is 4.77. The van der Waals surface area contributed by atoms with Crippen LogP contribution in [0.2, 0.25) is 0 Å². The zero-order valence-corrected chi connectivity index (χ0v) is 14.2. The zero-order valence-electron chi connectivity index (χ0n) is 13.3. The number of non-ortho nitro benzene ring substituents is 1. The van der Waals surface area contributed by atoms with Gasteiger partial charge in [-0.05, 0) is 30.7 Å². The number of rotatable bonds is 7. The monoisotopic (exact) mass is 364 g/mol. The maximum atomic E-state index is 12.4. The maximum absolute atomic E-state index is 12.4. The third-order valence-electron chi connectivity index (χ3n) is 3.13. The number of esters is 1. The molecule has 132 valence electrons. The molecule has 0 bridgehead atoms. The van der Waals surface area contributed by atoms with Crippen LogP contribution in [0.5, 0.6) is 0 Å². The Kier molecular flexibility index (Phi) is 5.71. The van der Waals surface area contributed by atoms with Gasteiger partial charge in [0.1, 0.15) is 0 Å². The number of carbonyl (C=O) groups is 1. The summed E-state index contributed by atoms with van der Waals surface area (Å²) in [5, 5.41) is 10.8. The standard InChI is InChI=1S/C16H16N2O6S/c1-2-9-24-16(19)12-5-3-6-13(10-12)17-25(22,23)15-8-4-7-14(11-15)18(20)21/h3-8,10-11,17H,2,9H2,1H3. The first-order valence-corrected chi connectivity index (χ1v) is 8.86. The Bertz CT molecular complexity index is 895. The van der Waals surface area contributed by atoms with Crippen LogP contribution in [-0.2, 0) is 14.8 Å². The summed E-state index contributed by atoms with van der Waals surface area (Å²) in [7, 11) is -4.04. The van der Waals surface area contributed by atoms with Crippen LogP contribution in [0.15, 0.2) is 53.4 Å². The topological polar surface area (TPSA) is 116 Å². The Hall–Kier alpha value is -2.94. The minimum Gasteiger partial charge on any atom is -0.462 e. The highest BCUT2D eigenvalue weighted by atomic mass is 32.2. The van der Waals surface area contributed by atoms with Gasteiger partial charge in [0.2, 0.25) is 0 Å². The number of nitrogens with zero attached hydrogens (tertiary/aromatic N) is 1. The minimum atomic E-state index is -4.04. The van der Waals surface area contributed by atoms with E-state index in [0.29, 0.717) is 6.42 Å². The number of anilines is 1. The molecule has 0 radical (unpaired) electrons. The summed E-state index contributed by atoms with van der Waals surface area (Å²) in [6.07, 6.45) is 0.671. The number of ether oxygens (including phenoxy) is 1. The number of nitro benzene ring substituents is 1. The SMILES string of the molecule is CCCOC(=O)c1cccc(NS(=O)(=O)c2cccc([N+](=O)[O-])c2)c1. The highest BCUT2D eigenvalue weighted by Gasteiger charge is 2.18. The van der Waals surface area contributed by atoms with E-state index in [0.717, 1.165) is 6.07 Å². The van der Waals surface area contributed by atoms with E-state index in [1.807, 2.05) is 6.92 Å². The summed E-state index contributed by atoms with van der Waals surface area (Å²) >= 11 is 0. The molecule has 2 rings (SSSR count). The predicted molar refractivity (Wildman–Crippen MR) is 90.9 cm³/mol. The lowest BCUT2D eigenvalue weighted by molar-refractivity contribution is -0.385. The molecule has 0 fully saturated rings. The molecule has 0 aliphatic heterocycles. The number of hydrogen-bond donors (Lipinski definition) is 1. The van der Waals surface area contributed by atoms with Crippen LogP contribution in [0.3, 0.4) is 0 Å². The Balaban J connectivity index is 2.25. The molecule has 25 heavy (non-hydrogen) atoms. The average Bonchev–Trinajstić information content (AvgIpc) is 2.59. The first-order chi connectivity index (χ1) is 11.8. The van der Waals surface area contributed by atoms with Crippen molar-refractivity contribution in [3.05, 3.63) is 64.2 Å². The van der Waals surface area contributed by atoms with Gasteiger partial charge in [-0.25, -0.2) is 13.2 Å². The van der Waals surface area contributed by atoms with Crippen LogP contribution in [-0.4, -0.2) is 25.9 Å². The molecular weight excluding hydrogens is 348 g/mol. The molecule has 9 heteroatoms. The largest absolute Gasteiger partial charge is 0.462 e. The van der Waals surface area contributed by atoms with Gasteiger partial charge >= 0.3 is 5.97 Å². The predicted octanol–water partition coefficient (Wildman–Crippen LogP) is 2.96. The third-order valence-corrected chi connectivity index (χ3v) is 4.51. The lowest BCUT2D eigenvalue weighted by atomic mass is 10.2. The molecule has 2 aromatic rings. The van der Waals surface area contributed by atoms with E-state index in [1.165, 1.54) is 42.5 Å². The van der Waals surface area contributed by atoms with Gasteiger partial charge in [-0.1, -0.05) is 19.1 Å². The number of hydrogen-bond acceptors (Lipinski definition) is 6. The van der Waals surface area contributed by atoms with E-state index >= 15 is 0 Å². The number of sulfonamides is 1. The summed E-state index contributed by atoms with van der Waals surface area (Å²) in [6, 6.07) is 10.5. The molecule has 2 aromatic carbocycles. The fraction of sp³-hybridized carbons (Fsp3) is 0.188. The fourth-order valence-corrected chi connectivity index (χ4v) is 3.05. The van der Waals surface area contributed by atoms with Crippen molar-refractivity contribution in [2.45, 2.75) is 18.2 Å². The van der Waals surface area contributed by atoms with Gasteiger partial charge in [0.05, 0.1) is 22.0 Å². The summed E-state index contributed by atoms with van der Waals surface area (Å²) in [5.74, 6) is -0.557. The lowest BCUT2D eigenvalue weighted by Crippen LogP contribution is -2.14. The van der Waals surface area contributed by atoms with Crippen molar-refractivity contribution in [1.82, 2.24) is 0 Å². The van der Waals surface area contributed by atoms with Crippen LogP contribution in [0, 0.1) is 10.1 Å². The fourth-order valence-electron chi connectivity index (χ4n) is 1.97. The number of benzene rings is 2. The van der Waals surface area contributed by atoms with E-state index < -0.39 is 20.9 Å². The molecule has 0 aliphatic carbocycles. The molecule has 0 amide bonds. The molecule has 0 saturated heterocycles. The number of carbonyl (C=O) groups excluding carboxylic acids is 1.